The number of rotatable bonds is 2. The SMILES string of the molecule is CC1(CC(F)(F)F)CCC(C)(CC(F)(F)F)N1.O=P(O)(O)O. The second-order valence-electron chi connectivity index (χ2n) is 5.84. The number of hydrogen-bond acceptors (Lipinski definition) is 2. The van der Waals surface area contributed by atoms with Crippen LogP contribution in [0.4, 0.5) is 26.3 Å². The highest BCUT2D eigenvalue weighted by molar-refractivity contribution is 7.45. The molecule has 22 heavy (non-hydrogen) atoms. The molecule has 1 fully saturated rings. The Morgan fingerprint density at radius 1 is 0.909 bits per heavy atom. The molecule has 1 heterocycles. The van der Waals surface area contributed by atoms with Crippen LogP contribution in [0.3, 0.4) is 0 Å². The van der Waals surface area contributed by atoms with Crippen molar-refractivity contribution in [2.24, 2.45) is 0 Å². The van der Waals surface area contributed by atoms with E-state index in [1.807, 2.05) is 0 Å². The van der Waals surface area contributed by atoms with E-state index in [2.05, 4.69) is 5.32 Å². The Labute approximate surface area is 122 Å². The van der Waals surface area contributed by atoms with Gasteiger partial charge < -0.3 is 20.0 Å². The van der Waals surface area contributed by atoms with Gasteiger partial charge in [-0.2, -0.15) is 26.3 Å². The summed E-state index contributed by atoms with van der Waals surface area (Å²) in [4.78, 5) is 21.6. The second-order valence-corrected chi connectivity index (χ2v) is 6.87. The average Bonchev–Trinajstić information content (AvgIpc) is 2.30. The van der Waals surface area contributed by atoms with Crippen molar-refractivity contribution in [1.82, 2.24) is 5.32 Å². The first-order valence-corrected chi connectivity index (χ1v) is 7.60. The maximum Gasteiger partial charge on any atom is 0.466 e. The van der Waals surface area contributed by atoms with Gasteiger partial charge in [0.2, 0.25) is 0 Å². The van der Waals surface area contributed by atoms with Crippen molar-refractivity contribution in [3.63, 3.8) is 0 Å². The van der Waals surface area contributed by atoms with Crippen LogP contribution < -0.4 is 5.32 Å². The molecule has 0 saturated carbocycles. The lowest BCUT2D eigenvalue weighted by atomic mass is 9.94. The lowest BCUT2D eigenvalue weighted by Gasteiger charge is -2.32. The summed E-state index contributed by atoms with van der Waals surface area (Å²) in [6, 6.07) is 0. The van der Waals surface area contributed by atoms with Gasteiger partial charge >= 0.3 is 20.2 Å². The molecule has 4 N–H and O–H groups in total. The van der Waals surface area contributed by atoms with E-state index in [1.165, 1.54) is 13.8 Å². The Balaban J connectivity index is 0.000000763. The largest absolute Gasteiger partial charge is 0.466 e. The molecule has 2 atom stereocenters. The Morgan fingerprint density at radius 2 is 1.14 bits per heavy atom. The molecule has 0 bridgehead atoms. The van der Waals surface area contributed by atoms with Crippen LogP contribution in [0, 0.1) is 0 Å². The van der Waals surface area contributed by atoms with Crippen molar-refractivity contribution in [2.75, 3.05) is 0 Å². The summed E-state index contributed by atoms with van der Waals surface area (Å²) in [6.45, 7) is 2.64. The number of hydrogen-bond donors (Lipinski definition) is 4. The normalized spacial score (nSPS) is 30.0. The van der Waals surface area contributed by atoms with Gasteiger partial charge in [0.05, 0.1) is 12.8 Å². The molecule has 0 aromatic carbocycles. The first-order chi connectivity index (χ1) is 9.33. The van der Waals surface area contributed by atoms with Crippen LogP contribution in [0.2, 0.25) is 0 Å². The molecule has 0 aliphatic carbocycles. The molecule has 1 saturated heterocycles. The van der Waals surface area contributed by atoms with Gasteiger partial charge in [-0.15, -0.1) is 0 Å². The van der Waals surface area contributed by atoms with E-state index in [1.54, 1.807) is 0 Å². The summed E-state index contributed by atoms with van der Waals surface area (Å²) >= 11 is 0. The fourth-order valence-electron chi connectivity index (χ4n) is 2.56. The van der Waals surface area contributed by atoms with Gasteiger partial charge in [0.1, 0.15) is 0 Å². The third-order valence-corrected chi connectivity index (χ3v) is 3.01. The molecule has 1 aliphatic heterocycles. The van der Waals surface area contributed by atoms with Crippen LogP contribution in [0.25, 0.3) is 0 Å². The van der Waals surface area contributed by atoms with Crippen LogP contribution in [0.15, 0.2) is 0 Å². The molecule has 134 valence electrons. The first kappa shape index (κ1) is 21.6. The van der Waals surface area contributed by atoms with Gasteiger partial charge in [-0.25, -0.2) is 4.57 Å². The summed E-state index contributed by atoms with van der Waals surface area (Å²) in [7, 11) is -4.64. The smallest absolute Gasteiger partial charge is 0.306 e. The zero-order valence-corrected chi connectivity index (χ0v) is 12.7. The Morgan fingerprint density at radius 3 is 1.32 bits per heavy atom. The standard InChI is InChI=1S/C10H15F6N.H3O4P/c1-7(5-9(11,12)13)3-4-8(2,17-7)6-10(14,15)16;1-5(2,3)4/h17H,3-6H2,1-2H3;(H3,1,2,3,4). The van der Waals surface area contributed by atoms with Crippen molar-refractivity contribution in [2.45, 2.75) is 63.0 Å². The van der Waals surface area contributed by atoms with E-state index in [4.69, 9.17) is 19.2 Å². The van der Waals surface area contributed by atoms with E-state index in [-0.39, 0.29) is 12.8 Å². The molecule has 0 aromatic heterocycles. The molecule has 0 spiro atoms. The third-order valence-electron chi connectivity index (χ3n) is 3.01. The molecular formula is C10H18F6NO4P. The molecule has 0 amide bonds. The highest BCUT2D eigenvalue weighted by Crippen LogP contribution is 2.42. The van der Waals surface area contributed by atoms with Gasteiger partial charge in [-0.05, 0) is 26.7 Å². The van der Waals surface area contributed by atoms with E-state index in [0.717, 1.165) is 0 Å². The maximum absolute atomic E-state index is 12.3. The zero-order valence-electron chi connectivity index (χ0n) is 11.8. The van der Waals surface area contributed by atoms with E-state index >= 15 is 0 Å². The highest BCUT2D eigenvalue weighted by Gasteiger charge is 2.51. The Hall–Kier alpha value is -0.350. The van der Waals surface area contributed by atoms with E-state index in [9.17, 15) is 26.3 Å². The van der Waals surface area contributed by atoms with Crippen molar-refractivity contribution < 1.29 is 45.6 Å². The third kappa shape index (κ3) is 11.2. The van der Waals surface area contributed by atoms with Crippen molar-refractivity contribution in [3.05, 3.63) is 0 Å². The van der Waals surface area contributed by atoms with Crippen molar-refractivity contribution in [1.29, 1.82) is 0 Å². The lowest BCUT2D eigenvalue weighted by Crippen LogP contribution is -2.50. The molecule has 0 radical (unpaired) electrons. The van der Waals surface area contributed by atoms with Gasteiger partial charge in [-0.3, -0.25) is 0 Å². The number of nitrogens with one attached hydrogen (secondary N) is 1. The quantitative estimate of drug-likeness (QED) is 0.449. The molecule has 1 rings (SSSR count). The zero-order chi connectivity index (χ0) is 18.0. The Kier molecular flexibility index (Phi) is 6.54. The molecule has 0 aromatic rings. The lowest BCUT2D eigenvalue weighted by molar-refractivity contribution is -0.154. The maximum atomic E-state index is 12.3. The van der Waals surface area contributed by atoms with Crippen molar-refractivity contribution >= 4 is 7.82 Å². The van der Waals surface area contributed by atoms with Gasteiger partial charge in [0.15, 0.2) is 0 Å². The Bertz CT molecular complexity index is 386. The topological polar surface area (TPSA) is 89.8 Å². The average molecular weight is 361 g/mol. The van der Waals surface area contributed by atoms with Crippen LogP contribution in [-0.4, -0.2) is 38.1 Å². The van der Waals surface area contributed by atoms with Gasteiger partial charge in [-0.1, -0.05) is 0 Å². The fourth-order valence-corrected chi connectivity index (χ4v) is 2.56. The predicted molar refractivity (Wildman–Crippen MR) is 64.8 cm³/mol. The summed E-state index contributed by atoms with van der Waals surface area (Å²) < 4.78 is 82.6. The monoisotopic (exact) mass is 361 g/mol. The minimum absolute atomic E-state index is 0.0963. The van der Waals surface area contributed by atoms with Gasteiger partial charge in [0, 0.05) is 11.1 Å². The first-order valence-electron chi connectivity index (χ1n) is 6.04. The van der Waals surface area contributed by atoms with Crippen LogP contribution >= 0.6 is 7.82 Å². The summed E-state index contributed by atoms with van der Waals surface area (Å²) in [5, 5.41) is 2.52. The molecule has 2 unspecified atom stereocenters. The number of phosphoric acid groups is 1. The van der Waals surface area contributed by atoms with Gasteiger partial charge in [0.25, 0.3) is 0 Å². The van der Waals surface area contributed by atoms with Crippen LogP contribution in [0.5, 0.6) is 0 Å². The molecule has 1 aliphatic rings. The van der Waals surface area contributed by atoms with Crippen LogP contribution in [-0.2, 0) is 4.57 Å². The van der Waals surface area contributed by atoms with Crippen molar-refractivity contribution in [3.8, 4) is 0 Å². The molecule has 12 heteroatoms. The van der Waals surface area contributed by atoms with E-state index < -0.39 is 44.1 Å². The minimum atomic E-state index is -4.64. The summed E-state index contributed by atoms with van der Waals surface area (Å²) in [5.74, 6) is 0. The van der Waals surface area contributed by atoms with E-state index in [0.29, 0.717) is 0 Å². The molecule has 5 nitrogen and oxygen atoms in total. The second kappa shape index (κ2) is 6.64. The summed E-state index contributed by atoms with van der Waals surface area (Å²) in [5.41, 5.74) is -2.59. The number of halogens is 6. The predicted octanol–water partition coefficient (Wildman–Crippen LogP) is 2.86. The fraction of sp³-hybridized carbons (Fsp3) is 1.00. The minimum Gasteiger partial charge on any atom is -0.306 e. The van der Waals surface area contributed by atoms with Crippen LogP contribution in [0.1, 0.15) is 39.5 Å². The molecular weight excluding hydrogens is 343 g/mol. The highest BCUT2D eigenvalue weighted by atomic mass is 31.2. The summed E-state index contributed by atoms with van der Waals surface area (Å²) in [6.07, 6.45) is -10.8. The number of alkyl halides is 6.